The van der Waals surface area contributed by atoms with Crippen LogP contribution in [0.3, 0.4) is 0 Å². The van der Waals surface area contributed by atoms with Gasteiger partial charge >= 0.3 is 0 Å². The van der Waals surface area contributed by atoms with E-state index in [4.69, 9.17) is 0 Å². The van der Waals surface area contributed by atoms with Crippen molar-refractivity contribution in [1.82, 2.24) is 0 Å². The Bertz CT molecular complexity index is 653. The average Bonchev–Trinajstić information content (AvgIpc) is 3.11. The van der Waals surface area contributed by atoms with E-state index in [1.807, 2.05) is 19.4 Å². The molecule has 0 saturated heterocycles. The molecule has 0 aliphatic heterocycles. The number of rotatable bonds is 5. The summed E-state index contributed by atoms with van der Waals surface area (Å²) in [6.07, 6.45) is 17.1. The highest BCUT2D eigenvalue weighted by atomic mass is 14.6. The Morgan fingerprint density at radius 2 is 1.68 bits per heavy atom. The summed E-state index contributed by atoms with van der Waals surface area (Å²) in [7, 11) is 0. The topological polar surface area (TPSA) is 0 Å². The van der Waals surface area contributed by atoms with Gasteiger partial charge < -0.3 is 0 Å². The summed E-state index contributed by atoms with van der Waals surface area (Å²) in [5, 5.41) is 0. The lowest BCUT2D eigenvalue weighted by molar-refractivity contribution is -0.0810. The van der Waals surface area contributed by atoms with Crippen LogP contribution in [0.25, 0.3) is 0 Å². The van der Waals surface area contributed by atoms with E-state index in [0.717, 1.165) is 35.5 Å². The van der Waals surface area contributed by atoms with Crippen LogP contribution in [-0.2, 0) is 0 Å². The lowest BCUT2D eigenvalue weighted by Gasteiger charge is -2.60. The van der Waals surface area contributed by atoms with Crippen LogP contribution in [-0.4, -0.2) is 0 Å². The van der Waals surface area contributed by atoms with Gasteiger partial charge in [-0.3, -0.25) is 0 Å². The first-order chi connectivity index (χ1) is 14.7. The summed E-state index contributed by atoms with van der Waals surface area (Å²) in [5.74, 6) is 6.11. The summed E-state index contributed by atoms with van der Waals surface area (Å²) < 4.78 is 0. The van der Waals surface area contributed by atoms with Gasteiger partial charge in [0.1, 0.15) is 0 Å². The largest absolute Gasteiger partial charge is 0.0996 e. The van der Waals surface area contributed by atoms with Gasteiger partial charge in [-0.15, -0.1) is 0 Å². The monoisotopic (exact) mass is 426 g/mol. The Hall–Kier alpha value is -0.520. The fraction of sp³-hybridized carbons (Fsp3) is 0.871. The molecule has 8 atom stereocenters. The molecule has 0 amide bonds. The van der Waals surface area contributed by atoms with Gasteiger partial charge in [0.25, 0.3) is 0 Å². The molecule has 3 saturated carbocycles. The van der Waals surface area contributed by atoms with Crippen molar-refractivity contribution < 1.29 is 0 Å². The minimum atomic E-state index is 0.590. The molecular weight excluding hydrogens is 372 g/mol. The Morgan fingerprint density at radius 3 is 2.35 bits per heavy atom. The number of hydrogen-bond donors (Lipinski definition) is 0. The molecule has 0 spiro atoms. The number of fused-ring (bicyclic) bond motifs is 5. The zero-order chi connectivity index (χ0) is 23.0. The van der Waals surface area contributed by atoms with Gasteiger partial charge in [0.2, 0.25) is 0 Å². The lowest BCUT2D eigenvalue weighted by Crippen LogP contribution is -2.52. The second-order valence-electron chi connectivity index (χ2n) is 12.6. The first-order valence-corrected chi connectivity index (χ1v) is 14.1. The zero-order valence-corrected chi connectivity index (χ0v) is 22.4. The summed E-state index contributed by atoms with van der Waals surface area (Å²) >= 11 is 0. The molecule has 0 N–H and O–H groups in total. The molecule has 5 unspecified atom stereocenters. The van der Waals surface area contributed by atoms with Crippen molar-refractivity contribution in [3.8, 4) is 0 Å². The molecule has 4 rings (SSSR count). The van der Waals surface area contributed by atoms with Gasteiger partial charge in [0, 0.05) is 0 Å². The van der Waals surface area contributed by atoms with Gasteiger partial charge in [-0.1, -0.05) is 85.6 Å². The maximum Gasteiger partial charge on any atom is -0.0144 e. The third-order valence-corrected chi connectivity index (χ3v) is 10.9. The molecule has 178 valence electrons. The van der Waals surface area contributed by atoms with Crippen LogP contribution >= 0.6 is 0 Å². The molecule has 0 nitrogen and oxygen atoms in total. The quantitative estimate of drug-likeness (QED) is 0.384. The van der Waals surface area contributed by atoms with E-state index in [1.165, 1.54) is 69.8 Å². The van der Waals surface area contributed by atoms with Crippen LogP contribution in [0.15, 0.2) is 23.8 Å². The summed E-state index contributed by atoms with van der Waals surface area (Å²) in [4.78, 5) is 0. The van der Waals surface area contributed by atoms with E-state index < -0.39 is 0 Å². The van der Waals surface area contributed by atoms with Crippen molar-refractivity contribution in [2.45, 2.75) is 120 Å². The second kappa shape index (κ2) is 9.77. The van der Waals surface area contributed by atoms with Crippen LogP contribution in [0.2, 0.25) is 0 Å². The van der Waals surface area contributed by atoms with Crippen molar-refractivity contribution in [1.29, 1.82) is 0 Å². The molecule has 3 fully saturated rings. The molecule has 0 bridgehead atoms. The van der Waals surface area contributed by atoms with Gasteiger partial charge in [-0.05, 0) is 110 Å². The first-order valence-electron chi connectivity index (χ1n) is 14.1. The predicted molar refractivity (Wildman–Crippen MR) is 138 cm³/mol. The fourth-order valence-electron chi connectivity index (χ4n) is 8.83. The molecule has 0 radical (unpaired) electrons. The van der Waals surface area contributed by atoms with E-state index in [0.29, 0.717) is 16.7 Å². The highest BCUT2D eigenvalue weighted by molar-refractivity contribution is 5.24. The average molecular weight is 427 g/mol. The molecule has 31 heavy (non-hydrogen) atoms. The number of hydrogen-bond acceptors (Lipinski definition) is 0. The van der Waals surface area contributed by atoms with Gasteiger partial charge in [0.05, 0.1) is 0 Å². The molecule has 0 aromatic heterocycles. The fourth-order valence-corrected chi connectivity index (χ4v) is 8.83. The van der Waals surface area contributed by atoms with Gasteiger partial charge in [-0.2, -0.15) is 0 Å². The van der Waals surface area contributed by atoms with Crippen molar-refractivity contribution >= 4 is 0 Å². The summed E-state index contributed by atoms with van der Waals surface area (Å²) in [5.41, 5.74) is 4.51. The lowest BCUT2D eigenvalue weighted by atomic mass is 9.44. The van der Waals surface area contributed by atoms with Crippen LogP contribution in [0, 0.1) is 52.3 Å². The molecule has 4 aliphatic rings. The second-order valence-corrected chi connectivity index (χ2v) is 12.6. The maximum atomic E-state index is 4.35. The number of allylic oxidation sites excluding steroid dienone is 3. The van der Waals surface area contributed by atoms with Crippen LogP contribution < -0.4 is 0 Å². The Balaban J connectivity index is 0.00000132. The smallest absolute Gasteiger partial charge is 0.0144 e. The first kappa shape index (κ1) is 25.1. The van der Waals surface area contributed by atoms with Gasteiger partial charge in [-0.25, -0.2) is 0 Å². The summed E-state index contributed by atoms with van der Waals surface area (Å²) in [6.45, 7) is 23.5. The van der Waals surface area contributed by atoms with Crippen LogP contribution in [0.4, 0.5) is 0 Å². The molecule has 4 aliphatic carbocycles. The van der Waals surface area contributed by atoms with E-state index >= 15 is 0 Å². The van der Waals surface area contributed by atoms with Crippen LogP contribution in [0.5, 0.6) is 0 Å². The highest BCUT2D eigenvalue weighted by Gasteiger charge is 2.60. The minimum absolute atomic E-state index is 0.590. The normalized spacial score (nSPS) is 42.5. The molecular formula is C31H54. The van der Waals surface area contributed by atoms with E-state index in [-0.39, 0.29) is 0 Å². The van der Waals surface area contributed by atoms with Crippen molar-refractivity contribution in [3.05, 3.63) is 23.8 Å². The predicted octanol–water partition coefficient (Wildman–Crippen LogP) is 9.86. The Morgan fingerprint density at radius 1 is 1.00 bits per heavy atom. The maximum absolute atomic E-state index is 4.35. The summed E-state index contributed by atoms with van der Waals surface area (Å²) in [6, 6.07) is 0. The zero-order valence-electron chi connectivity index (χ0n) is 22.4. The van der Waals surface area contributed by atoms with Crippen molar-refractivity contribution in [3.63, 3.8) is 0 Å². The van der Waals surface area contributed by atoms with Crippen molar-refractivity contribution in [2.24, 2.45) is 52.3 Å². The molecule has 0 heterocycles. The van der Waals surface area contributed by atoms with Crippen LogP contribution in [0.1, 0.15) is 120 Å². The third-order valence-electron chi connectivity index (χ3n) is 10.9. The molecule has 0 heteroatoms. The van der Waals surface area contributed by atoms with Crippen molar-refractivity contribution in [2.75, 3.05) is 0 Å². The minimum Gasteiger partial charge on any atom is -0.0996 e. The standard InChI is InChI=1S/C29H48.C2H6/c1-19(2)20(3)11-12-22(5)24-15-16-27-26-14-13-23-21(4)9-8-10-25(23)29(26,7)18-17-28(24,27)6;1-2/h13,19,21-22,24-27H,3,8-12,14-18H2,1-2,4-7H3;1-2H3/t21-,22?,24?,25?,26?,27?,28+,29-;/m0./s1. The van der Waals surface area contributed by atoms with E-state index in [2.05, 4.69) is 54.2 Å². The van der Waals surface area contributed by atoms with E-state index in [9.17, 15) is 0 Å². The molecule has 0 aromatic rings. The molecule has 0 aromatic carbocycles. The van der Waals surface area contributed by atoms with E-state index in [1.54, 1.807) is 0 Å². The SMILES string of the molecule is C=C(CCC(C)C1CCC2C3CC=C4C(CCC[C@@H]4C)[C@]3(C)CC[C@]12C)C(C)C.CC. The highest BCUT2D eigenvalue weighted by Crippen LogP contribution is 2.69. The van der Waals surface area contributed by atoms with Gasteiger partial charge in [0.15, 0.2) is 0 Å². The third kappa shape index (κ3) is 4.36. The Kier molecular flexibility index (Phi) is 7.91. The Labute approximate surface area is 195 Å².